The molecule has 0 aliphatic rings. The van der Waals surface area contributed by atoms with Crippen LogP contribution in [0.1, 0.15) is 0 Å². The van der Waals surface area contributed by atoms with Crippen LogP contribution in [0.4, 0.5) is 4.39 Å². The van der Waals surface area contributed by atoms with Crippen LogP contribution in [0.25, 0.3) is 0 Å². The van der Waals surface area contributed by atoms with Crippen molar-refractivity contribution >= 4 is 0 Å². The number of aromatic nitrogens is 2. The lowest BCUT2D eigenvalue weighted by molar-refractivity contribution is 0.194. The van der Waals surface area contributed by atoms with Crippen LogP contribution >= 0.6 is 0 Å². The van der Waals surface area contributed by atoms with Crippen molar-refractivity contribution in [3.63, 3.8) is 0 Å². The first-order chi connectivity index (χ1) is 5.33. The second kappa shape index (κ2) is 3.82. The first-order valence-electron chi connectivity index (χ1n) is 3.04. The van der Waals surface area contributed by atoms with Gasteiger partial charge >= 0.3 is 0 Å². The summed E-state index contributed by atoms with van der Waals surface area (Å²) in [6.45, 7) is -0.0314. The standard InChI is InChI=1S/C6H7FN2O2/c7-5-3-8-4-6(9-5)11-2-1-10/h3-4,10H,1-2H2. The Kier molecular flexibility index (Phi) is 2.74. The van der Waals surface area contributed by atoms with E-state index in [9.17, 15) is 4.39 Å². The van der Waals surface area contributed by atoms with Gasteiger partial charge in [-0.3, -0.25) is 4.98 Å². The number of hydrogen-bond acceptors (Lipinski definition) is 4. The maximum atomic E-state index is 12.3. The Labute approximate surface area is 62.7 Å². The van der Waals surface area contributed by atoms with E-state index in [4.69, 9.17) is 9.84 Å². The van der Waals surface area contributed by atoms with Gasteiger partial charge in [0, 0.05) is 0 Å². The van der Waals surface area contributed by atoms with Gasteiger partial charge in [0.05, 0.1) is 19.0 Å². The zero-order valence-corrected chi connectivity index (χ0v) is 5.70. The van der Waals surface area contributed by atoms with Gasteiger partial charge in [-0.05, 0) is 0 Å². The Morgan fingerprint density at radius 2 is 2.36 bits per heavy atom. The maximum Gasteiger partial charge on any atom is 0.235 e. The highest BCUT2D eigenvalue weighted by Gasteiger charge is 1.96. The molecule has 0 fully saturated rings. The fourth-order valence-corrected chi connectivity index (χ4v) is 0.545. The third-order valence-electron chi connectivity index (χ3n) is 0.924. The maximum absolute atomic E-state index is 12.3. The molecule has 0 spiro atoms. The molecule has 0 atom stereocenters. The number of ether oxygens (including phenoxy) is 1. The summed E-state index contributed by atoms with van der Waals surface area (Å²) < 4.78 is 17.1. The molecule has 0 saturated carbocycles. The lowest BCUT2D eigenvalue weighted by atomic mass is 10.7. The zero-order valence-electron chi connectivity index (χ0n) is 5.70. The highest BCUT2D eigenvalue weighted by molar-refractivity contribution is 5.01. The summed E-state index contributed by atoms with van der Waals surface area (Å²) in [5, 5.41) is 8.33. The van der Waals surface area contributed by atoms with Gasteiger partial charge in [0.1, 0.15) is 6.61 Å². The summed E-state index contributed by atoms with van der Waals surface area (Å²) in [7, 11) is 0. The van der Waals surface area contributed by atoms with E-state index in [1.54, 1.807) is 0 Å². The second-order valence-corrected chi connectivity index (χ2v) is 1.75. The first-order valence-corrected chi connectivity index (χ1v) is 3.04. The summed E-state index contributed by atoms with van der Waals surface area (Å²) in [4.78, 5) is 6.84. The van der Waals surface area contributed by atoms with Gasteiger partial charge in [-0.1, -0.05) is 0 Å². The van der Waals surface area contributed by atoms with Crippen molar-refractivity contribution in [3.8, 4) is 5.88 Å². The van der Waals surface area contributed by atoms with Gasteiger partial charge in [0.2, 0.25) is 11.8 Å². The van der Waals surface area contributed by atoms with Crippen molar-refractivity contribution in [2.45, 2.75) is 0 Å². The molecule has 0 aliphatic heterocycles. The second-order valence-electron chi connectivity index (χ2n) is 1.75. The predicted molar refractivity (Wildman–Crippen MR) is 34.6 cm³/mol. The Bertz CT molecular complexity index is 232. The van der Waals surface area contributed by atoms with E-state index in [1.165, 1.54) is 6.20 Å². The van der Waals surface area contributed by atoms with Crippen LogP contribution in [0, 0.1) is 5.95 Å². The molecule has 0 aromatic carbocycles. The minimum atomic E-state index is -0.694. The third-order valence-corrected chi connectivity index (χ3v) is 0.924. The molecule has 0 aliphatic carbocycles. The lowest BCUT2D eigenvalue weighted by Crippen LogP contribution is -2.03. The molecule has 1 heterocycles. The molecule has 0 unspecified atom stereocenters. The third kappa shape index (κ3) is 2.46. The van der Waals surface area contributed by atoms with Crippen LogP contribution in [0.5, 0.6) is 5.88 Å². The summed E-state index contributed by atoms with van der Waals surface area (Å²) in [6, 6.07) is 0. The highest BCUT2D eigenvalue weighted by Crippen LogP contribution is 2.02. The number of halogens is 1. The van der Waals surface area contributed by atoms with Crippen molar-refractivity contribution in [2.75, 3.05) is 13.2 Å². The molecular formula is C6H7FN2O2. The van der Waals surface area contributed by atoms with Crippen molar-refractivity contribution < 1.29 is 14.2 Å². The lowest BCUT2D eigenvalue weighted by Gasteiger charge is -2.00. The van der Waals surface area contributed by atoms with E-state index >= 15 is 0 Å². The van der Waals surface area contributed by atoms with Gasteiger partial charge < -0.3 is 9.84 Å². The van der Waals surface area contributed by atoms with E-state index in [0.29, 0.717) is 0 Å². The van der Waals surface area contributed by atoms with E-state index in [1.807, 2.05) is 0 Å². The van der Waals surface area contributed by atoms with Crippen molar-refractivity contribution in [3.05, 3.63) is 18.3 Å². The van der Waals surface area contributed by atoms with E-state index in [2.05, 4.69) is 9.97 Å². The molecule has 0 saturated heterocycles. The first kappa shape index (κ1) is 7.87. The molecule has 0 amide bonds. The fourth-order valence-electron chi connectivity index (χ4n) is 0.545. The fraction of sp³-hybridized carbons (Fsp3) is 0.333. The molecule has 60 valence electrons. The summed E-state index contributed by atoms with van der Waals surface area (Å²) >= 11 is 0. The molecule has 1 aromatic heterocycles. The number of aliphatic hydroxyl groups excluding tert-OH is 1. The topological polar surface area (TPSA) is 55.2 Å². The number of nitrogens with zero attached hydrogens (tertiary/aromatic N) is 2. The van der Waals surface area contributed by atoms with Gasteiger partial charge in [0.25, 0.3) is 0 Å². The van der Waals surface area contributed by atoms with Crippen LogP contribution in [0.2, 0.25) is 0 Å². The molecule has 1 rings (SSSR count). The Balaban J connectivity index is 2.56. The summed E-state index contributed by atoms with van der Waals surface area (Å²) in [5.74, 6) is -0.612. The number of rotatable bonds is 3. The van der Waals surface area contributed by atoms with Crippen molar-refractivity contribution in [2.24, 2.45) is 0 Å². The molecule has 5 heteroatoms. The minimum Gasteiger partial charge on any atom is -0.474 e. The van der Waals surface area contributed by atoms with Gasteiger partial charge in [-0.25, -0.2) is 0 Å². The van der Waals surface area contributed by atoms with Gasteiger partial charge in [-0.2, -0.15) is 9.37 Å². The van der Waals surface area contributed by atoms with Gasteiger partial charge in [0.15, 0.2) is 0 Å². The van der Waals surface area contributed by atoms with Crippen LogP contribution in [-0.4, -0.2) is 28.3 Å². The summed E-state index contributed by atoms with van der Waals surface area (Å²) in [5.41, 5.74) is 0. The average Bonchev–Trinajstić information content (AvgIpc) is 2.01. The monoisotopic (exact) mass is 158 g/mol. The SMILES string of the molecule is OCCOc1cncc(F)n1. The normalized spacial score (nSPS) is 9.64. The molecule has 1 aromatic rings. The van der Waals surface area contributed by atoms with E-state index in [-0.39, 0.29) is 19.1 Å². The highest BCUT2D eigenvalue weighted by atomic mass is 19.1. The van der Waals surface area contributed by atoms with E-state index < -0.39 is 5.95 Å². The molecule has 0 radical (unpaired) electrons. The largest absolute Gasteiger partial charge is 0.474 e. The van der Waals surface area contributed by atoms with Crippen LogP contribution in [-0.2, 0) is 0 Å². The predicted octanol–water partition coefficient (Wildman–Crippen LogP) is -0.0132. The van der Waals surface area contributed by atoms with Crippen LogP contribution < -0.4 is 4.74 Å². The zero-order chi connectivity index (χ0) is 8.10. The Hall–Kier alpha value is -1.23. The molecular weight excluding hydrogens is 151 g/mol. The smallest absolute Gasteiger partial charge is 0.235 e. The Morgan fingerprint density at radius 3 is 3.00 bits per heavy atom. The number of hydrogen-bond donors (Lipinski definition) is 1. The molecule has 11 heavy (non-hydrogen) atoms. The van der Waals surface area contributed by atoms with E-state index in [0.717, 1.165) is 6.20 Å². The van der Waals surface area contributed by atoms with Crippen LogP contribution in [0.3, 0.4) is 0 Å². The van der Waals surface area contributed by atoms with Gasteiger partial charge in [-0.15, -0.1) is 0 Å². The van der Waals surface area contributed by atoms with Crippen LogP contribution in [0.15, 0.2) is 12.4 Å². The molecule has 4 nitrogen and oxygen atoms in total. The summed E-state index contributed by atoms with van der Waals surface area (Å²) in [6.07, 6.45) is 2.25. The minimum absolute atomic E-state index is 0.0825. The molecule has 0 bridgehead atoms. The van der Waals surface area contributed by atoms with Crippen molar-refractivity contribution in [1.82, 2.24) is 9.97 Å². The Morgan fingerprint density at radius 1 is 1.55 bits per heavy atom. The number of aliphatic hydroxyl groups is 1. The molecule has 1 N–H and O–H groups in total. The average molecular weight is 158 g/mol. The quantitative estimate of drug-likeness (QED) is 0.672. The van der Waals surface area contributed by atoms with Crippen molar-refractivity contribution in [1.29, 1.82) is 0 Å².